The zero-order chi connectivity index (χ0) is 12.8. The van der Waals surface area contributed by atoms with Crippen LogP contribution in [0.15, 0.2) is 0 Å². The fourth-order valence-corrected chi connectivity index (χ4v) is 2.91. The molecule has 3 atom stereocenters. The van der Waals surface area contributed by atoms with Gasteiger partial charge in [-0.05, 0) is 38.1 Å². The first-order valence-corrected chi connectivity index (χ1v) is 7.30. The minimum atomic E-state index is 0.00824. The van der Waals surface area contributed by atoms with Gasteiger partial charge in [0.15, 0.2) is 0 Å². The Hall–Kier alpha value is -0.160. The van der Waals surface area contributed by atoms with Gasteiger partial charge in [-0.2, -0.15) is 0 Å². The van der Waals surface area contributed by atoms with E-state index in [2.05, 4.69) is 12.2 Å². The van der Waals surface area contributed by atoms with Crippen molar-refractivity contribution in [3.8, 4) is 0 Å². The van der Waals surface area contributed by atoms with Crippen LogP contribution in [-0.4, -0.2) is 49.7 Å². The van der Waals surface area contributed by atoms with Gasteiger partial charge in [-0.3, -0.25) is 0 Å². The molecule has 2 N–H and O–H groups in total. The molecule has 2 saturated heterocycles. The van der Waals surface area contributed by atoms with E-state index < -0.39 is 0 Å². The van der Waals surface area contributed by atoms with Crippen LogP contribution in [0.25, 0.3) is 0 Å². The minimum Gasteiger partial charge on any atom is -0.396 e. The molecule has 18 heavy (non-hydrogen) atoms. The summed E-state index contributed by atoms with van der Waals surface area (Å²) in [7, 11) is 0. The highest BCUT2D eigenvalue weighted by Gasteiger charge is 2.40. The van der Waals surface area contributed by atoms with Crippen LogP contribution >= 0.6 is 0 Å². The van der Waals surface area contributed by atoms with Crippen LogP contribution in [0.1, 0.15) is 39.0 Å². The Bertz CT molecular complexity index is 241. The molecule has 1 spiro atoms. The van der Waals surface area contributed by atoms with E-state index in [0.717, 1.165) is 58.5 Å². The maximum Gasteiger partial charge on any atom is 0.0951 e. The van der Waals surface area contributed by atoms with Gasteiger partial charge in [0.25, 0.3) is 0 Å². The van der Waals surface area contributed by atoms with E-state index >= 15 is 0 Å². The number of aliphatic hydroxyl groups excluding tert-OH is 1. The van der Waals surface area contributed by atoms with Gasteiger partial charge in [0.05, 0.1) is 12.2 Å². The molecular weight excluding hydrogens is 230 g/mol. The Morgan fingerprint density at radius 3 is 3.06 bits per heavy atom. The average Bonchev–Trinajstić information content (AvgIpc) is 2.82. The Kier molecular flexibility index (Phi) is 5.42. The number of hydrogen-bond acceptors (Lipinski definition) is 4. The molecule has 2 aliphatic heterocycles. The second kappa shape index (κ2) is 6.85. The first-order valence-electron chi connectivity index (χ1n) is 7.30. The molecule has 0 saturated carbocycles. The largest absolute Gasteiger partial charge is 0.396 e. The van der Waals surface area contributed by atoms with Crippen LogP contribution in [0.4, 0.5) is 0 Å². The maximum absolute atomic E-state index is 8.97. The summed E-state index contributed by atoms with van der Waals surface area (Å²) in [6.45, 7) is 5.92. The molecular formula is C14H27NO3. The van der Waals surface area contributed by atoms with Gasteiger partial charge >= 0.3 is 0 Å². The van der Waals surface area contributed by atoms with E-state index in [9.17, 15) is 0 Å². The van der Waals surface area contributed by atoms with Crippen molar-refractivity contribution in [2.45, 2.75) is 50.7 Å². The van der Waals surface area contributed by atoms with Crippen molar-refractivity contribution in [1.29, 1.82) is 0 Å². The van der Waals surface area contributed by atoms with Gasteiger partial charge in [-0.15, -0.1) is 0 Å². The quantitative estimate of drug-likeness (QED) is 0.705. The van der Waals surface area contributed by atoms with Crippen molar-refractivity contribution in [1.82, 2.24) is 5.32 Å². The highest BCUT2D eigenvalue weighted by molar-refractivity contribution is 4.92. The van der Waals surface area contributed by atoms with Crippen molar-refractivity contribution in [2.75, 3.05) is 33.0 Å². The predicted octanol–water partition coefficient (Wildman–Crippen LogP) is 1.32. The van der Waals surface area contributed by atoms with Gasteiger partial charge in [-0.1, -0.05) is 6.92 Å². The lowest BCUT2D eigenvalue weighted by Crippen LogP contribution is -2.47. The third-order valence-corrected chi connectivity index (χ3v) is 4.18. The molecule has 0 bridgehead atoms. The molecule has 0 aromatic rings. The molecule has 0 amide bonds. The van der Waals surface area contributed by atoms with Gasteiger partial charge in [0.2, 0.25) is 0 Å². The summed E-state index contributed by atoms with van der Waals surface area (Å²) in [6, 6.07) is 0.574. The molecule has 2 heterocycles. The number of ether oxygens (including phenoxy) is 2. The standard InChI is InChI=1S/C14H27NO3/c1-12(10-16)3-2-6-15-13-4-7-18-14(9-13)5-8-17-11-14/h12-13,15-16H,2-11H2,1H3. The summed E-state index contributed by atoms with van der Waals surface area (Å²) in [5.74, 6) is 0.427. The molecule has 0 aliphatic carbocycles. The molecule has 4 heteroatoms. The van der Waals surface area contributed by atoms with E-state index in [-0.39, 0.29) is 5.60 Å². The Morgan fingerprint density at radius 1 is 1.44 bits per heavy atom. The lowest BCUT2D eigenvalue weighted by Gasteiger charge is -2.37. The summed E-state index contributed by atoms with van der Waals surface area (Å²) < 4.78 is 11.4. The molecule has 0 aromatic carbocycles. The Morgan fingerprint density at radius 2 is 2.33 bits per heavy atom. The van der Waals surface area contributed by atoms with E-state index in [0.29, 0.717) is 18.6 Å². The first-order chi connectivity index (χ1) is 8.74. The van der Waals surface area contributed by atoms with E-state index in [1.807, 2.05) is 0 Å². The summed E-state index contributed by atoms with van der Waals surface area (Å²) in [6.07, 6.45) is 5.48. The van der Waals surface area contributed by atoms with E-state index in [1.165, 1.54) is 0 Å². The lowest BCUT2D eigenvalue weighted by atomic mass is 9.89. The van der Waals surface area contributed by atoms with Crippen LogP contribution in [0.2, 0.25) is 0 Å². The Labute approximate surface area is 110 Å². The van der Waals surface area contributed by atoms with Crippen LogP contribution in [0.3, 0.4) is 0 Å². The van der Waals surface area contributed by atoms with Crippen molar-refractivity contribution in [2.24, 2.45) is 5.92 Å². The number of aliphatic hydroxyl groups is 1. The third kappa shape index (κ3) is 3.92. The van der Waals surface area contributed by atoms with E-state index in [4.69, 9.17) is 14.6 Å². The van der Waals surface area contributed by atoms with Crippen LogP contribution in [-0.2, 0) is 9.47 Å². The maximum atomic E-state index is 8.97. The van der Waals surface area contributed by atoms with E-state index in [1.54, 1.807) is 0 Å². The van der Waals surface area contributed by atoms with Crippen LogP contribution < -0.4 is 5.32 Å². The van der Waals surface area contributed by atoms with Gasteiger partial charge in [-0.25, -0.2) is 0 Å². The summed E-state index contributed by atoms with van der Waals surface area (Å²) in [5, 5.41) is 12.6. The predicted molar refractivity (Wildman–Crippen MR) is 70.6 cm³/mol. The summed E-state index contributed by atoms with van der Waals surface area (Å²) >= 11 is 0. The highest BCUT2D eigenvalue weighted by Crippen LogP contribution is 2.32. The summed E-state index contributed by atoms with van der Waals surface area (Å²) in [4.78, 5) is 0. The number of hydrogen-bond donors (Lipinski definition) is 2. The minimum absolute atomic E-state index is 0.00824. The Balaban J connectivity index is 1.64. The molecule has 3 unspecified atom stereocenters. The van der Waals surface area contributed by atoms with Crippen LogP contribution in [0, 0.1) is 5.92 Å². The topological polar surface area (TPSA) is 50.7 Å². The van der Waals surface area contributed by atoms with Crippen molar-refractivity contribution in [3.05, 3.63) is 0 Å². The van der Waals surface area contributed by atoms with Gasteiger partial charge in [0.1, 0.15) is 0 Å². The SMILES string of the molecule is CC(CO)CCCNC1CCOC2(CCOC2)C1. The number of nitrogens with one attached hydrogen (secondary N) is 1. The molecule has 2 aliphatic rings. The first kappa shape index (κ1) is 14.3. The molecule has 106 valence electrons. The van der Waals surface area contributed by atoms with Crippen molar-refractivity contribution < 1.29 is 14.6 Å². The normalized spacial score (nSPS) is 34.0. The van der Waals surface area contributed by atoms with Gasteiger partial charge < -0.3 is 19.9 Å². The van der Waals surface area contributed by atoms with Crippen molar-refractivity contribution in [3.63, 3.8) is 0 Å². The average molecular weight is 257 g/mol. The molecule has 0 aromatic heterocycles. The number of rotatable bonds is 6. The van der Waals surface area contributed by atoms with Crippen molar-refractivity contribution >= 4 is 0 Å². The second-order valence-corrected chi connectivity index (χ2v) is 5.91. The van der Waals surface area contributed by atoms with Crippen LogP contribution in [0.5, 0.6) is 0 Å². The fraction of sp³-hybridized carbons (Fsp3) is 1.00. The molecule has 2 rings (SSSR count). The molecule has 4 nitrogen and oxygen atoms in total. The lowest BCUT2D eigenvalue weighted by molar-refractivity contribution is -0.0892. The highest BCUT2D eigenvalue weighted by atomic mass is 16.6. The molecule has 0 radical (unpaired) electrons. The third-order valence-electron chi connectivity index (χ3n) is 4.18. The monoisotopic (exact) mass is 257 g/mol. The summed E-state index contributed by atoms with van der Waals surface area (Å²) in [5.41, 5.74) is 0.00824. The van der Waals surface area contributed by atoms with Gasteiger partial charge in [0, 0.05) is 32.3 Å². The zero-order valence-corrected chi connectivity index (χ0v) is 11.5. The second-order valence-electron chi connectivity index (χ2n) is 5.91. The smallest absolute Gasteiger partial charge is 0.0951 e. The molecule has 2 fully saturated rings. The zero-order valence-electron chi connectivity index (χ0n) is 11.5. The fourth-order valence-electron chi connectivity index (χ4n) is 2.91.